The molecular formula is C17H24N2O2. The van der Waals surface area contributed by atoms with Gasteiger partial charge in [-0.25, -0.2) is 0 Å². The molecule has 1 aromatic rings. The molecule has 1 amide bonds. The number of hydrogen-bond donors (Lipinski definition) is 1. The van der Waals surface area contributed by atoms with Gasteiger partial charge in [-0.3, -0.25) is 4.79 Å². The number of fused-ring (bicyclic) bond motifs is 1. The summed E-state index contributed by atoms with van der Waals surface area (Å²) < 4.78 is 5.79. The Morgan fingerprint density at radius 2 is 2.14 bits per heavy atom. The van der Waals surface area contributed by atoms with Crippen LogP contribution in [0.2, 0.25) is 0 Å². The predicted octanol–water partition coefficient (Wildman–Crippen LogP) is 1.89. The number of ether oxygens (including phenoxy) is 1. The Morgan fingerprint density at radius 3 is 2.90 bits per heavy atom. The molecule has 2 unspecified atom stereocenters. The van der Waals surface area contributed by atoms with Gasteiger partial charge < -0.3 is 15.4 Å². The van der Waals surface area contributed by atoms with Crippen molar-refractivity contribution in [1.29, 1.82) is 0 Å². The molecule has 1 aromatic carbocycles. The number of benzene rings is 1. The lowest BCUT2D eigenvalue weighted by Crippen LogP contribution is -2.55. The number of carbonyl (C=O) groups is 1. The fourth-order valence-corrected chi connectivity index (χ4v) is 3.33. The van der Waals surface area contributed by atoms with E-state index in [0.717, 1.165) is 24.9 Å². The Balaban J connectivity index is 1.81. The number of likely N-dealkylation sites (tertiary alicyclic amines) is 1. The van der Waals surface area contributed by atoms with Crippen molar-refractivity contribution >= 4 is 5.91 Å². The highest BCUT2D eigenvalue weighted by atomic mass is 16.5. The van der Waals surface area contributed by atoms with Crippen LogP contribution in [0.3, 0.4) is 0 Å². The van der Waals surface area contributed by atoms with Crippen LogP contribution in [0.4, 0.5) is 0 Å². The molecule has 2 aliphatic rings. The summed E-state index contributed by atoms with van der Waals surface area (Å²) in [5.74, 6) is 0.0853. The second-order valence-corrected chi connectivity index (χ2v) is 6.84. The summed E-state index contributed by atoms with van der Waals surface area (Å²) in [5.41, 5.74) is 8.38. The topological polar surface area (TPSA) is 55.6 Å². The van der Waals surface area contributed by atoms with Crippen molar-refractivity contribution < 1.29 is 9.53 Å². The third-order valence-corrected chi connectivity index (χ3v) is 4.84. The quantitative estimate of drug-likeness (QED) is 0.858. The highest BCUT2D eigenvalue weighted by molar-refractivity contribution is 5.83. The second kappa shape index (κ2) is 5.43. The monoisotopic (exact) mass is 288 g/mol. The molecule has 0 bridgehead atoms. The Bertz CT molecular complexity index is 541. The standard InChI is InChI=1S/C17H24N2O2/c1-17(2)11-19(9-7-14(17)18)16(20)15-13-6-4-3-5-12(13)8-10-21-15/h3-6,14-15H,7-11,18H2,1-2H3. The molecule has 4 heteroatoms. The highest BCUT2D eigenvalue weighted by Gasteiger charge is 2.38. The minimum absolute atomic E-state index is 0.0396. The molecule has 0 aliphatic carbocycles. The normalized spacial score (nSPS) is 28.0. The van der Waals surface area contributed by atoms with Gasteiger partial charge >= 0.3 is 0 Å². The fraction of sp³-hybridized carbons (Fsp3) is 0.588. The predicted molar refractivity (Wildman–Crippen MR) is 81.8 cm³/mol. The molecule has 0 spiro atoms. The van der Waals surface area contributed by atoms with E-state index in [1.165, 1.54) is 5.56 Å². The van der Waals surface area contributed by atoms with Crippen LogP contribution in [0.25, 0.3) is 0 Å². The van der Waals surface area contributed by atoms with Crippen molar-refractivity contribution in [2.24, 2.45) is 11.1 Å². The van der Waals surface area contributed by atoms with E-state index in [4.69, 9.17) is 10.5 Å². The Labute approximate surface area is 126 Å². The first-order valence-electron chi connectivity index (χ1n) is 7.73. The van der Waals surface area contributed by atoms with Crippen molar-refractivity contribution in [2.45, 2.75) is 38.8 Å². The minimum atomic E-state index is -0.444. The van der Waals surface area contributed by atoms with E-state index in [1.54, 1.807) is 0 Å². The average molecular weight is 288 g/mol. The van der Waals surface area contributed by atoms with Gasteiger partial charge in [0.1, 0.15) is 0 Å². The van der Waals surface area contributed by atoms with Crippen LogP contribution in [-0.4, -0.2) is 36.5 Å². The van der Waals surface area contributed by atoms with Crippen molar-refractivity contribution in [3.63, 3.8) is 0 Å². The fourth-order valence-electron chi connectivity index (χ4n) is 3.33. The van der Waals surface area contributed by atoms with E-state index >= 15 is 0 Å². The third kappa shape index (κ3) is 2.70. The minimum Gasteiger partial charge on any atom is -0.363 e. The first-order chi connectivity index (χ1) is 9.99. The van der Waals surface area contributed by atoms with Crippen LogP contribution in [0.15, 0.2) is 24.3 Å². The van der Waals surface area contributed by atoms with Crippen molar-refractivity contribution in [1.82, 2.24) is 4.90 Å². The lowest BCUT2D eigenvalue weighted by atomic mass is 9.79. The molecule has 2 N–H and O–H groups in total. The average Bonchev–Trinajstić information content (AvgIpc) is 2.48. The summed E-state index contributed by atoms with van der Waals surface area (Å²) in [6.07, 6.45) is 1.30. The van der Waals surface area contributed by atoms with Crippen LogP contribution in [0.5, 0.6) is 0 Å². The zero-order valence-corrected chi connectivity index (χ0v) is 12.8. The van der Waals surface area contributed by atoms with Gasteiger partial charge in [0.25, 0.3) is 5.91 Å². The molecule has 2 aliphatic heterocycles. The van der Waals surface area contributed by atoms with Gasteiger partial charge in [-0.15, -0.1) is 0 Å². The molecule has 4 nitrogen and oxygen atoms in total. The van der Waals surface area contributed by atoms with Gasteiger partial charge in [0.2, 0.25) is 0 Å². The zero-order valence-electron chi connectivity index (χ0n) is 12.8. The summed E-state index contributed by atoms with van der Waals surface area (Å²) in [6, 6.07) is 8.26. The van der Waals surface area contributed by atoms with Gasteiger partial charge in [0.05, 0.1) is 6.61 Å². The van der Waals surface area contributed by atoms with E-state index in [1.807, 2.05) is 23.1 Å². The largest absolute Gasteiger partial charge is 0.363 e. The number of nitrogens with zero attached hydrogens (tertiary/aromatic N) is 1. The number of amides is 1. The number of rotatable bonds is 1. The molecule has 2 heterocycles. The van der Waals surface area contributed by atoms with Crippen LogP contribution in [-0.2, 0) is 16.0 Å². The third-order valence-electron chi connectivity index (χ3n) is 4.84. The summed E-state index contributed by atoms with van der Waals surface area (Å²) >= 11 is 0. The van der Waals surface area contributed by atoms with E-state index in [0.29, 0.717) is 13.2 Å². The first-order valence-corrected chi connectivity index (χ1v) is 7.73. The van der Waals surface area contributed by atoms with Crippen LogP contribution in [0.1, 0.15) is 37.5 Å². The SMILES string of the molecule is CC1(C)CN(C(=O)C2OCCc3ccccc32)CCC1N. The molecule has 114 valence electrons. The maximum absolute atomic E-state index is 12.9. The van der Waals surface area contributed by atoms with Crippen LogP contribution >= 0.6 is 0 Å². The molecule has 0 aromatic heterocycles. The molecule has 3 rings (SSSR count). The lowest BCUT2D eigenvalue weighted by molar-refractivity contribution is -0.148. The lowest BCUT2D eigenvalue weighted by Gasteiger charge is -2.43. The van der Waals surface area contributed by atoms with E-state index < -0.39 is 6.10 Å². The van der Waals surface area contributed by atoms with Crippen LogP contribution in [0, 0.1) is 5.41 Å². The van der Waals surface area contributed by atoms with Crippen molar-refractivity contribution in [3.05, 3.63) is 35.4 Å². The van der Waals surface area contributed by atoms with E-state index in [9.17, 15) is 4.79 Å². The van der Waals surface area contributed by atoms with E-state index in [-0.39, 0.29) is 17.4 Å². The van der Waals surface area contributed by atoms with Gasteiger partial charge in [0, 0.05) is 19.1 Å². The van der Waals surface area contributed by atoms with Gasteiger partial charge in [-0.05, 0) is 29.4 Å². The summed E-state index contributed by atoms with van der Waals surface area (Å²) in [4.78, 5) is 14.8. The number of carbonyl (C=O) groups excluding carboxylic acids is 1. The summed E-state index contributed by atoms with van der Waals surface area (Å²) in [6.45, 7) is 6.31. The molecule has 1 saturated heterocycles. The summed E-state index contributed by atoms with van der Waals surface area (Å²) in [7, 11) is 0. The van der Waals surface area contributed by atoms with Gasteiger partial charge in [-0.2, -0.15) is 0 Å². The number of nitrogens with two attached hydrogens (primary N) is 1. The molecule has 1 fully saturated rings. The molecule has 0 saturated carbocycles. The van der Waals surface area contributed by atoms with Crippen LogP contribution < -0.4 is 5.73 Å². The Kier molecular flexibility index (Phi) is 3.76. The van der Waals surface area contributed by atoms with Crippen molar-refractivity contribution in [2.75, 3.05) is 19.7 Å². The Hall–Kier alpha value is -1.39. The highest BCUT2D eigenvalue weighted by Crippen LogP contribution is 2.33. The molecular weight excluding hydrogens is 264 g/mol. The first kappa shape index (κ1) is 14.5. The second-order valence-electron chi connectivity index (χ2n) is 6.84. The summed E-state index contributed by atoms with van der Waals surface area (Å²) in [5, 5.41) is 0. The molecule has 21 heavy (non-hydrogen) atoms. The maximum Gasteiger partial charge on any atom is 0.256 e. The van der Waals surface area contributed by atoms with Crippen molar-refractivity contribution in [3.8, 4) is 0 Å². The maximum atomic E-state index is 12.9. The Morgan fingerprint density at radius 1 is 1.38 bits per heavy atom. The molecule has 2 atom stereocenters. The zero-order chi connectivity index (χ0) is 15.0. The van der Waals surface area contributed by atoms with Gasteiger partial charge in [0.15, 0.2) is 6.10 Å². The number of hydrogen-bond acceptors (Lipinski definition) is 3. The number of piperidine rings is 1. The van der Waals surface area contributed by atoms with Gasteiger partial charge in [-0.1, -0.05) is 38.1 Å². The molecule has 0 radical (unpaired) electrons. The smallest absolute Gasteiger partial charge is 0.256 e. The van der Waals surface area contributed by atoms with E-state index in [2.05, 4.69) is 19.9 Å².